The van der Waals surface area contributed by atoms with E-state index in [9.17, 15) is 18.0 Å². The van der Waals surface area contributed by atoms with Crippen LogP contribution in [0.3, 0.4) is 0 Å². The number of carbonyl (C=O) groups excluding carboxylic acids is 1. The van der Waals surface area contributed by atoms with Gasteiger partial charge in [0.1, 0.15) is 5.75 Å². The van der Waals surface area contributed by atoms with Crippen LogP contribution in [0.15, 0.2) is 66.9 Å². The molecule has 0 aliphatic carbocycles. The molecule has 170 valence electrons. The predicted molar refractivity (Wildman–Crippen MR) is 118 cm³/mol. The summed E-state index contributed by atoms with van der Waals surface area (Å²) in [6.45, 7) is 3.27. The highest BCUT2D eigenvalue weighted by Gasteiger charge is 2.30. The number of halogens is 3. The molecule has 32 heavy (non-hydrogen) atoms. The number of methoxy groups -OCH3 is 1. The number of aromatic nitrogens is 1. The third kappa shape index (κ3) is 5.72. The third-order valence-corrected chi connectivity index (χ3v) is 5.29. The minimum absolute atomic E-state index is 0.136. The molecule has 0 N–H and O–H groups in total. The van der Waals surface area contributed by atoms with E-state index < -0.39 is 11.7 Å². The topological polar surface area (TPSA) is 34.5 Å². The summed E-state index contributed by atoms with van der Waals surface area (Å²) in [6.07, 6.45) is -0.787. The van der Waals surface area contributed by atoms with Gasteiger partial charge in [-0.2, -0.15) is 13.2 Å². The SMILES string of the molecule is CCCCN(Cc1cccn1Cc1cccc(C(F)(F)F)c1)C(=O)c1ccccc1OC. The molecular weight excluding hydrogens is 417 g/mol. The number of benzene rings is 2. The van der Waals surface area contributed by atoms with Crippen molar-refractivity contribution in [1.82, 2.24) is 9.47 Å². The predicted octanol–water partition coefficient (Wildman–Crippen LogP) is 6.01. The maximum Gasteiger partial charge on any atom is 0.416 e. The Hall–Kier alpha value is -3.22. The van der Waals surface area contributed by atoms with Gasteiger partial charge < -0.3 is 14.2 Å². The maximum atomic E-state index is 13.3. The molecule has 4 nitrogen and oxygen atoms in total. The van der Waals surface area contributed by atoms with Crippen molar-refractivity contribution >= 4 is 5.91 Å². The van der Waals surface area contributed by atoms with Crippen molar-refractivity contribution in [2.24, 2.45) is 0 Å². The van der Waals surface area contributed by atoms with Gasteiger partial charge in [0.05, 0.1) is 24.8 Å². The van der Waals surface area contributed by atoms with Crippen LogP contribution in [-0.2, 0) is 19.3 Å². The fourth-order valence-corrected chi connectivity index (χ4v) is 3.58. The van der Waals surface area contributed by atoms with Gasteiger partial charge in [0.15, 0.2) is 0 Å². The fourth-order valence-electron chi connectivity index (χ4n) is 3.58. The minimum atomic E-state index is -4.38. The van der Waals surface area contributed by atoms with Crippen molar-refractivity contribution in [2.45, 2.75) is 39.0 Å². The van der Waals surface area contributed by atoms with E-state index in [-0.39, 0.29) is 12.5 Å². The van der Waals surface area contributed by atoms with E-state index in [0.717, 1.165) is 24.6 Å². The van der Waals surface area contributed by atoms with Crippen LogP contribution < -0.4 is 4.74 Å². The largest absolute Gasteiger partial charge is 0.496 e. The van der Waals surface area contributed by atoms with E-state index >= 15 is 0 Å². The second kappa shape index (κ2) is 10.4. The number of nitrogens with zero attached hydrogens (tertiary/aromatic N) is 2. The summed E-state index contributed by atoms with van der Waals surface area (Å²) in [5.41, 5.74) is 1.22. The molecule has 1 amide bonds. The van der Waals surface area contributed by atoms with Crippen LogP contribution in [0.25, 0.3) is 0 Å². The Labute approximate surface area is 186 Å². The monoisotopic (exact) mass is 444 g/mol. The number of hydrogen-bond acceptors (Lipinski definition) is 2. The lowest BCUT2D eigenvalue weighted by atomic mass is 10.1. The van der Waals surface area contributed by atoms with Crippen LogP contribution in [0.2, 0.25) is 0 Å². The Kier molecular flexibility index (Phi) is 7.62. The molecule has 0 aliphatic rings. The molecule has 0 saturated heterocycles. The molecule has 0 saturated carbocycles. The number of rotatable bonds is 9. The maximum absolute atomic E-state index is 13.3. The first-order chi connectivity index (χ1) is 15.3. The van der Waals surface area contributed by atoms with Crippen molar-refractivity contribution in [3.63, 3.8) is 0 Å². The van der Waals surface area contributed by atoms with Crippen LogP contribution in [0, 0.1) is 0 Å². The highest BCUT2D eigenvalue weighted by atomic mass is 19.4. The first-order valence-electron chi connectivity index (χ1n) is 10.6. The van der Waals surface area contributed by atoms with Gasteiger partial charge >= 0.3 is 6.18 Å². The van der Waals surface area contributed by atoms with Crippen LogP contribution >= 0.6 is 0 Å². The zero-order valence-corrected chi connectivity index (χ0v) is 18.2. The Morgan fingerprint density at radius 1 is 1.06 bits per heavy atom. The van der Waals surface area contributed by atoms with Crippen molar-refractivity contribution in [2.75, 3.05) is 13.7 Å². The summed E-state index contributed by atoms with van der Waals surface area (Å²) in [5.74, 6) is 0.376. The Morgan fingerprint density at radius 3 is 2.56 bits per heavy atom. The number of hydrogen-bond donors (Lipinski definition) is 0. The molecule has 0 spiro atoms. The van der Waals surface area contributed by atoms with E-state index in [0.29, 0.717) is 30.0 Å². The Bertz CT molecular complexity index is 1040. The van der Waals surface area contributed by atoms with Crippen molar-refractivity contribution in [3.05, 3.63) is 89.2 Å². The molecule has 7 heteroatoms. The number of carbonyl (C=O) groups is 1. The van der Waals surface area contributed by atoms with E-state index in [2.05, 4.69) is 6.92 Å². The van der Waals surface area contributed by atoms with Gasteiger partial charge in [-0.05, 0) is 48.4 Å². The molecule has 0 aliphatic heterocycles. The van der Waals surface area contributed by atoms with Crippen LogP contribution in [0.1, 0.15) is 46.9 Å². The van der Waals surface area contributed by atoms with Crippen LogP contribution in [0.4, 0.5) is 13.2 Å². The fraction of sp³-hybridized carbons (Fsp3) is 0.320. The first kappa shape index (κ1) is 23.4. The van der Waals surface area contributed by atoms with Gasteiger partial charge in [0, 0.05) is 25.0 Å². The highest BCUT2D eigenvalue weighted by molar-refractivity contribution is 5.96. The number of alkyl halides is 3. The number of amides is 1. The van der Waals surface area contributed by atoms with E-state index in [1.54, 1.807) is 29.2 Å². The smallest absolute Gasteiger partial charge is 0.416 e. The Balaban J connectivity index is 1.83. The molecule has 0 bridgehead atoms. The summed E-state index contributed by atoms with van der Waals surface area (Å²) in [5, 5.41) is 0. The van der Waals surface area contributed by atoms with Crippen LogP contribution in [0.5, 0.6) is 5.75 Å². The van der Waals surface area contributed by atoms with E-state index in [4.69, 9.17) is 4.74 Å². The molecule has 1 aromatic heterocycles. The zero-order valence-electron chi connectivity index (χ0n) is 18.2. The molecule has 1 heterocycles. The molecule has 2 aromatic carbocycles. The molecule has 0 fully saturated rings. The second-order valence-electron chi connectivity index (χ2n) is 7.61. The molecular formula is C25H27F3N2O2. The minimum Gasteiger partial charge on any atom is -0.496 e. The zero-order chi connectivity index (χ0) is 23.1. The van der Waals surface area contributed by atoms with Gasteiger partial charge in [-0.3, -0.25) is 4.79 Å². The van der Waals surface area contributed by atoms with Gasteiger partial charge in [-0.1, -0.05) is 37.6 Å². The molecule has 0 atom stereocenters. The van der Waals surface area contributed by atoms with Gasteiger partial charge in [-0.15, -0.1) is 0 Å². The van der Waals surface area contributed by atoms with Crippen molar-refractivity contribution in [3.8, 4) is 5.75 Å². The summed E-state index contributed by atoms with van der Waals surface area (Å²) >= 11 is 0. The van der Waals surface area contributed by atoms with E-state index in [1.807, 2.05) is 29.0 Å². The average molecular weight is 444 g/mol. The second-order valence-corrected chi connectivity index (χ2v) is 7.61. The summed E-state index contributed by atoms with van der Waals surface area (Å²) < 4.78 is 46.4. The summed E-state index contributed by atoms with van der Waals surface area (Å²) in [7, 11) is 1.53. The number of unbranched alkanes of at least 4 members (excludes halogenated alkanes) is 1. The normalized spacial score (nSPS) is 11.4. The molecule has 3 rings (SSSR count). The van der Waals surface area contributed by atoms with Crippen molar-refractivity contribution < 1.29 is 22.7 Å². The average Bonchev–Trinajstić information content (AvgIpc) is 3.22. The molecule has 0 unspecified atom stereocenters. The van der Waals surface area contributed by atoms with Gasteiger partial charge in [-0.25, -0.2) is 0 Å². The van der Waals surface area contributed by atoms with E-state index in [1.165, 1.54) is 19.2 Å². The van der Waals surface area contributed by atoms with Gasteiger partial charge in [0.25, 0.3) is 5.91 Å². The van der Waals surface area contributed by atoms with Gasteiger partial charge in [0.2, 0.25) is 0 Å². The Morgan fingerprint density at radius 2 is 1.84 bits per heavy atom. The number of ether oxygens (including phenoxy) is 1. The lowest BCUT2D eigenvalue weighted by molar-refractivity contribution is -0.137. The third-order valence-electron chi connectivity index (χ3n) is 5.29. The summed E-state index contributed by atoms with van der Waals surface area (Å²) in [6, 6.07) is 16.2. The lowest BCUT2D eigenvalue weighted by Gasteiger charge is -2.24. The molecule has 3 aromatic rings. The standard InChI is InChI=1S/C25H27F3N2O2/c1-3-4-14-30(24(31)22-12-5-6-13-23(22)32-2)18-21-11-8-15-29(21)17-19-9-7-10-20(16-19)25(26,27)28/h5-13,15-16H,3-4,14,17-18H2,1-2H3. The van der Waals surface area contributed by atoms with Crippen LogP contribution in [-0.4, -0.2) is 29.0 Å². The quantitative estimate of drug-likeness (QED) is 0.405. The highest BCUT2D eigenvalue weighted by Crippen LogP contribution is 2.30. The number of para-hydroxylation sites is 1. The first-order valence-corrected chi connectivity index (χ1v) is 10.6. The molecule has 0 radical (unpaired) electrons. The summed E-state index contributed by atoms with van der Waals surface area (Å²) in [4.78, 5) is 15.1. The van der Waals surface area contributed by atoms with Crippen molar-refractivity contribution in [1.29, 1.82) is 0 Å². The lowest BCUT2D eigenvalue weighted by Crippen LogP contribution is -2.32.